The standard InChI is InChI=1S/C17H24ClNO2/c1-3-16(4-2,12-20)11-19-15(21)17(9-10-17)13-5-7-14(18)8-6-13/h5-8,20H,3-4,9-12H2,1-2H3,(H,19,21). The van der Waals surface area contributed by atoms with Gasteiger partial charge in [-0.05, 0) is 43.4 Å². The van der Waals surface area contributed by atoms with E-state index in [0.29, 0.717) is 11.6 Å². The van der Waals surface area contributed by atoms with E-state index in [-0.39, 0.29) is 23.3 Å². The highest BCUT2D eigenvalue weighted by Gasteiger charge is 2.51. The van der Waals surface area contributed by atoms with E-state index >= 15 is 0 Å². The molecule has 116 valence electrons. The van der Waals surface area contributed by atoms with E-state index in [9.17, 15) is 9.90 Å². The number of hydrogen-bond donors (Lipinski definition) is 2. The Kier molecular flexibility index (Phi) is 4.95. The molecule has 0 unspecified atom stereocenters. The minimum absolute atomic E-state index is 0.0737. The molecule has 0 aliphatic heterocycles. The molecule has 0 heterocycles. The molecule has 1 aliphatic rings. The van der Waals surface area contributed by atoms with Gasteiger partial charge >= 0.3 is 0 Å². The lowest BCUT2D eigenvalue weighted by atomic mass is 9.83. The molecular weight excluding hydrogens is 286 g/mol. The van der Waals surface area contributed by atoms with Crippen LogP contribution in [-0.4, -0.2) is 24.2 Å². The summed E-state index contributed by atoms with van der Waals surface area (Å²) in [6, 6.07) is 7.54. The highest BCUT2D eigenvalue weighted by molar-refractivity contribution is 6.30. The van der Waals surface area contributed by atoms with Gasteiger partial charge in [-0.25, -0.2) is 0 Å². The van der Waals surface area contributed by atoms with Gasteiger partial charge in [-0.2, -0.15) is 0 Å². The fraction of sp³-hybridized carbons (Fsp3) is 0.588. The van der Waals surface area contributed by atoms with Crippen LogP contribution >= 0.6 is 11.6 Å². The normalized spacial score (nSPS) is 16.6. The highest BCUT2D eigenvalue weighted by Crippen LogP contribution is 2.48. The van der Waals surface area contributed by atoms with Crippen LogP contribution in [0.2, 0.25) is 5.02 Å². The number of rotatable bonds is 7. The molecule has 1 aliphatic carbocycles. The van der Waals surface area contributed by atoms with Gasteiger partial charge in [-0.1, -0.05) is 37.6 Å². The lowest BCUT2D eigenvalue weighted by molar-refractivity contribution is -0.124. The molecule has 2 N–H and O–H groups in total. The van der Waals surface area contributed by atoms with Crippen LogP contribution in [0.5, 0.6) is 0 Å². The fourth-order valence-electron chi connectivity index (χ4n) is 2.76. The molecule has 2 rings (SSSR count). The summed E-state index contributed by atoms with van der Waals surface area (Å²) in [5.74, 6) is 0.0737. The zero-order valence-electron chi connectivity index (χ0n) is 12.8. The summed E-state index contributed by atoms with van der Waals surface area (Å²) < 4.78 is 0. The Labute approximate surface area is 131 Å². The summed E-state index contributed by atoms with van der Waals surface area (Å²) in [5, 5.41) is 13.3. The van der Waals surface area contributed by atoms with Crippen LogP contribution in [0.4, 0.5) is 0 Å². The van der Waals surface area contributed by atoms with E-state index in [2.05, 4.69) is 19.2 Å². The second kappa shape index (κ2) is 6.37. The van der Waals surface area contributed by atoms with Crippen molar-refractivity contribution in [3.63, 3.8) is 0 Å². The summed E-state index contributed by atoms with van der Waals surface area (Å²) in [5.41, 5.74) is 0.450. The van der Waals surface area contributed by atoms with Gasteiger partial charge in [-0.15, -0.1) is 0 Å². The third-order valence-electron chi connectivity index (χ3n) is 5.04. The molecule has 1 amide bonds. The van der Waals surface area contributed by atoms with Crippen LogP contribution < -0.4 is 5.32 Å². The summed E-state index contributed by atoms with van der Waals surface area (Å²) in [6.07, 6.45) is 3.47. The van der Waals surface area contributed by atoms with Gasteiger partial charge in [0, 0.05) is 17.0 Å². The highest BCUT2D eigenvalue weighted by atomic mass is 35.5. The van der Waals surface area contributed by atoms with Crippen LogP contribution in [0.1, 0.15) is 45.1 Å². The molecule has 4 heteroatoms. The number of nitrogens with one attached hydrogen (secondary N) is 1. The van der Waals surface area contributed by atoms with Gasteiger partial charge in [0.15, 0.2) is 0 Å². The molecule has 3 nitrogen and oxygen atoms in total. The summed E-state index contributed by atoms with van der Waals surface area (Å²) in [7, 11) is 0. The van der Waals surface area contributed by atoms with E-state index in [1.54, 1.807) is 0 Å². The predicted molar refractivity (Wildman–Crippen MR) is 85.5 cm³/mol. The van der Waals surface area contributed by atoms with Crippen molar-refractivity contribution in [3.05, 3.63) is 34.9 Å². The maximum absolute atomic E-state index is 12.6. The topological polar surface area (TPSA) is 49.3 Å². The maximum atomic E-state index is 12.6. The molecule has 0 saturated heterocycles. The van der Waals surface area contributed by atoms with Crippen LogP contribution in [0.15, 0.2) is 24.3 Å². The molecular formula is C17H24ClNO2. The van der Waals surface area contributed by atoms with Gasteiger partial charge in [0.1, 0.15) is 0 Å². The van der Waals surface area contributed by atoms with E-state index in [4.69, 9.17) is 11.6 Å². The Morgan fingerprint density at radius 3 is 2.29 bits per heavy atom. The number of benzene rings is 1. The Morgan fingerprint density at radius 2 is 1.86 bits per heavy atom. The van der Waals surface area contributed by atoms with Crippen LogP contribution in [0, 0.1) is 5.41 Å². The van der Waals surface area contributed by atoms with Gasteiger partial charge < -0.3 is 10.4 Å². The van der Waals surface area contributed by atoms with Crippen molar-refractivity contribution in [1.82, 2.24) is 5.32 Å². The number of halogens is 1. The zero-order chi connectivity index (χ0) is 15.5. The molecule has 1 saturated carbocycles. The van der Waals surface area contributed by atoms with Gasteiger partial charge in [-0.3, -0.25) is 4.79 Å². The number of carbonyl (C=O) groups excluding carboxylic acids is 1. The lowest BCUT2D eigenvalue weighted by Crippen LogP contribution is -2.43. The Bertz CT molecular complexity index is 482. The SMILES string of the molecule is CCC(CC)(CO)CNC(=O)C1(c2ccc(Cl)cc2)CC1. The van der Waals surface area contributed by atoms with Gasteiger partial charge in [0.05, 0.1) is 12.0 Å². The average molecular weight is 310 g/mol. The zero-order valence-corrected chi connectivity index (χ0v) is 13.5. The average Bonchev–Trinajstić information content (AvgIpc) is 3.31. The van der Waals surface area contributed by atoms with E-state index in [1.807, 2.05) is 24.3 Å². The first-order chi connectivity index (χ1) is 10.0. The first-order valence-corrected chi connectivity index (χ1v) is 8.05. The molecule has 21 heavy (non-hydrogen) atoms. The van der Waals surface area contributed by atoms with Crippen LogP contribution in [-0.2, 0) is 10.2 Å². The first-order valence-electron chi connectivity index (χ1n) is 7.67. The van der Waals surface area contributed by atoms with E-state index < -0.39 is 0 Å². The van der Waals surface area contributed by atoms with Gasteiger partial charge in [0.25, 0.3) is 0 Å². The minimum Gasteiger partial charge on any atom is -0.396 e. The largest absolute Gasteiger partial charge is 0.396 e. The Morgan fingerprint density at radius 1 is 1.29 bits per heavy atom. The van der Waals surface area contributed by atoms with Crippen molar-refractivity contribution in [1.29, 1.82) is 0 Å². The Balaban J connectivity index is 2.05. The van der Waals surface area contributed by atoms with Crippen LogP contribution in [0.25, 0.3) is 0 Å². The molecule has 0 spiro atoms. The van der Waals surface area contributed by atoms with Crippen molar-refractivity contribution in [2.24, 2.45) is 5.41 Å². The van der Waals surface area contributed by atoms with Crippen molar-refractivity contribution < 1.29 is 9.90 Å². The summed E-state index contributed by atoms with van der Waals surface area (Å²) >= 11 is 5.91. The Hall–Kier alpha value is -1.06. The van der Waals surface area contributed by atoms with Crippen molar-refractivity contribution >= 4 is 17.5 Å². The van der Waals surface area contributed by atoms with Gasteiger partial charge in [0.2, 0.25) is 5.91 Å². The van der Waals surface area contributed by atoms with E-state index in [1.165, 1.54) is 0 Å². The first kappa shape index (κ1) is 16.3. The monoisotopic (exact) mass is 309 g/mol. The number of aliphatic hydroxyl groups is 1. The second-order valence-corrected chi connectivity index (χ2v) is 6.57. The van der Waals surface area contributed by atoms with E-state index in [0.717, 1.165) is 31.2 Å². The summed E-state index contributed by atoms with van der Waals surface area (Å²) in [4.78, 5) is 12.6. The van der Waals surface area contributed by atoms with Crippen molar-refractivity contribution in [3.8, 4) is 0 Å². The summed E-state index contributed by atoms with van der Waals surface area (Å²) in [6.45, 7) is 4.74. The minimum atomic E-state index is -0.382. The smallest absolute Gasteiger partial charge is 0.230 e. The molecule has 1 fully saturated rings. The maximum Gasteiger partial charge on any atom is 0.230 e. The van der Waals surface area contributed by atoms with Crippen molar-refractivity contribution in [2.75, 3.05) is 13.2 Å². The van der Waals surface area contributed by atoms with Crippen molar-refractivity contribution in [2.45, 2.75) is 44.9 Å². The fourth-order valence-corrected chi connectivity index (χ4v) is 2.88. The molecule has 0 radical (unpaired) electrons. The molecule has 1 aromatic rings. The van der Waals surface area contributed by atoms with Crippen LogP contribution in [0.3, 0.4) is 0 Å². The quantitative estimate of drug-likeness (QED) is 0.812. The number of hydrogen-bond acceptors (Lipinski definition) is 2. The molecule has 1 aromatic carbocycles. The number of carbonyl (C=O) groups is 1. The lowest BCUT2D eigenvalue weighted by Gasteiger charge is -2.30. The second-order valence-electron chi connectivity index (χ2n) is 6.14. The molecule has 0 atom stereocenters. The third kappa shape index (κ3) is 3.24. The molecule has 0 bridgehead atoms. The number of amides is 1. The molecule has 0 aromatic heterocycles. The predicted octanol–water partition coefficient (Wildman–Crippen LogP) is 3.29. The number of aliphatic hydroxyl groups excluding tert-OH is 1. The third-order valence-corrected chi connectivity index (χ3v) is 5.29.